The van der Waals surface area contributed by atoms with E-state index in [2.05, 4.69) is 59.5 Å². The van der Waals surface area contributed by atoms with E-state index >= 15 is 0 Å². The number of para-hydroxylation sites is 1. The van der Waals surface area contributed by atoms with Crippen molar-refractivity contribution >= 4 is 17.7 Å². The van der Waals surface area contributed by atoms with Crippen LogP contribution in [-0.2, 0) is 17.9 Å². The molecule has 1 heterocycles. The lowest BCUT2D eigenvalue weighted by molar-refractivity contribution is -0.124. The van der Waals surface area contributed by atoms with E-state index in [-0.39, 0.29) is 0 Å². The van der Waals surface area contributed by atoms with Crippen molar-refractivity contribution in [3.8, 4) is 0 Å². The first-order chi connectivity index (χ1) is 14.5. The maximum absolute atomic E-state index is 11.3. The molecule has 0 spiro atoms. The van der Waals surface area contributed by atoms with E-state index in [0.717, 1.165) is 50.3 Å². The van der Waals surface area contributed by atoms with Gasteiger partial charge in [-0.1, -0.05) is 42.5 Å². The minimum Gasteiger partial charge on any atom is -0.371 e. The molecule has 0 radical (unpaired) electrons. The van der Waals surface area contributed by atoms with E-state index in [9.17, 15) is 4.79 Å². The van der Waals surface area contributed by atoms with Crippen molar-refractivity contribution in [1.82, 2.24) is 15.7 Å². The van der Waals surface area contributed by atoms with Gasteiger partial charge in [0.25, 0.3) is 5.91 Å². The molecule has 0 bridgehead atoms. The first-order valence-electron chi connectivity index (χ1n) is 10.5. The molecule has 6 heteroatoms. The summed E-state index contributed by atoms with van der Waals surface area (Å²) in [6.45, 7) is 3.78. The topological polar surface area (TPSA) is 67.8 Å². The van der Waals surface area contributed by atoms with Crippen LogP contribution in [0.25, 0.3) is 6.08 Å². The van der Waals surface area contributed by atoms with Crippen LogP contribution in [0.4, 0.5) is 5.69 Å². The molecular weight excluding hydrogens is 376 g/mol. The second-order valence-corrected chi connectivity index (χ2v) is 8.07. The van der Waals surface area contributed by atoms with Crippen LogP contribution in [0.15, 0.2) is 54.6 Å². The molecule has 1 amide bonds. The highest BCUT2D eigenvalue weighted by Gasteiger charge is 2.20. The van der Waals surface area contributed by atoms with Gasteiger partial charge in [-0.2, -0.15) is 0 Å². The number of piperidine rings is 1. The van der Waals surface area contributed by atoms with Crippen molar-refractivity contribution in [1.29, 1.82) is 0 Å². The SMILES string of the molecule is CN(C)Cc1cccc(CNC2CCN(c3ccccc3C=CC(=O)NO)CC2)c1. The molecule has 1 aliphatic rings. The number of nitrogens with one attached hydrogen (secondary N) is 2. The maximum atomic E-state index is 11.3. The number of benzene rings is 2. The number of carbonyl (C=O) groups excluding carboxylic acids is 1. The van der Waals surface area contributed by atoms with Crippen molar-refractivity contribution in [2.24, 2.45) is 0 Å². The van der Waals surface area contributed by atoms with E-state index < -0.39 is 5.91 Å². The average molecular weight is 409 g/mol. The van der Waals surface area contributed by atoms with Crippen LogP contribution in [0.5, 0.6) is 0 Å². The molecule has 3 N–H and O–H groups in total. The molecule has 1 aliphatic heterocycles. The Balaban J connectivity index is 1.53. The molecule has 1 saturated heterocycles. The minimum atomic E-state index is -0.526. The quantitative estimate of drug-likeness (QED) is 0.356. The number of amides is 1. The minimum absolute atomic E-state index is 0.502. The molecule has 0 unspecified atom stereocenters. The number of hydrogen-bond acceptors (Lipinski definition) is 5. The van der Waals surface area contributed by atoms with Gasteiger partial charge in [0.05, 0.1) is 0 Å². The normalized spacial score (nSPS) is 15.1. The van der Waals surface area contributed by atoms with Gasteiger partial charge in [-0.15, -0.1) is 0 Å². The van der Waals surface area contributed by atoms with E-state index in [4.69, 9.17) is 5.21 Å². The second-order valence-electron chi connectivity index (χ2n) is 8.07. The summed E-state index contributed by atoms with van der Waals surface area (Å²) in [7, 11) is 4.18. The molecule has 0 aromatic heterocycles. The zero-order valence-electron chi connectivity index (χ0n) is 17.8. The molecule has 160 valence electrons. The fraction of sp³-hybridized carbons (Fsp3) is 0.375. The van der Waals surface area contributed by atoms with Crippen molar-refractivity contribution in [2.75, 3.05) is 32.1 Å². The maximum Gasteiger partial charge on any atom is 0.267 e. The van der Waals surface area contributed by atoms with Crippen LogP contribution in [0.1, 0.15) is 29.5 Å². The fourth-order valence-corrected chi connectivity index (χ4v) is 3.91. The highest BCUT2D eigenvalue weighted by Crippen LogP contribution is 2.25. The number of rotatable bonds is 8. The third-order valence-electron chi connectivity index (χ3n) is 5.38. The standard InChI is InChI=1S/C24H32N4O2/c1-27(2)18-20-7-5-6-19(16-20)17-25-22-12-14-28(15-13-22)23-9-4-3-8-21(23)10-11-24(29)26-30/h3-11,16,22,25,30H,12-15,17-18H2,1-2H3,(H,26,29). The lowest BCUT2D eigenvalue weighted by Gasteiger charge is -2.35. The van der Waals surface area contributed by atoms with Crippen molar-refractivity contribution in [2.45, 2.75) is 32.0 Å². The highest BCUT2D eigenvalue weighted by molar-refractivity contribution is 5.91. The van der Waals surface area contributed by atoms with Gasteiger partial charge in [0.15, 0.2) is 0 Å². The molecular formula is C24H32N4O2. The molecule has 0 atom stereocenters. The summed E-state index contributed by atoms with van der Waals surface area (Å²) in [4.78, 5) is 15.9. The third kappa shape index (κ3) is 6.42. The zero-order chi connectivity index (χ0) is 21.3. The Morgan fingerprint density at radius 2 is 1.87 bits per heavy atom. The number of nitrogens with zero attached hydrogens (tertiary/aromatic N) is 2. The predicted molar refractivity (Wildman–Crippen MR) is 121 cm³/mol. The van der Waals surface area contributed by atoms with Crippen LogP contribution in [0.3, 0.4) is 0 Å². The Kier molecular flexibility index (Phi) is 8.02. The average Bonchev–Trinajstić information content (AvgIpc) is 2.76. The number of hydroxylamine groups is 1. The molecule has 30 heavy (non-hydrogen) atoms. The van der Waals surface area contributed by atoms with Crippen LogP contribution in [0, 0.1) is 0 Å². The molecule has 0 saturated carbocycles. The van der Waals surface area contributed by atoms with E-state index in [1.807, 2.05) is 18.2 Å². The van der Waals surface area contributed by atoms with Gasteiger partial charge in [-0.3, -0.25) is 10.0 Å². The van der Waals surface area contributed by atoms with Crippen LogP contribution in [0.2, 0.25) is 0 Å². The summed E-state index contributed by atoms with van der Waals surface area (Å²) in [5.74, 6) is -0.526. The molecule has 2 aromatic rings. The van der Waals surface area contributed by atoms with Gasteiger partial charge in [-0.05, 0) is 55.8 Å². The van der Waals surface area contributed by atoms with Crippen molar-refractivity contribution in [3.63, 3.8) is 0 Å². The summed E-state index contributed by atoms with van der Waals surface area (Å²) in [6, 6.07) is 17.3. The Bertz CT molecular complexity index is 858. The number of hydrogen-bond donors (Lipinski definition) is 3. The third-order valence-corrected chi connectivity index (χ3v) is 5.38. The summed E-state index contributed by atoms with van der Waals surface area (Å²) < 4.78 is 0. The largest absolute Gasteiger partial charge is 0.371 e. The summed E-state index contributed by atoms with van der Waals surface area (Å²) >= 11 is 0. The Morgan fingerprint density at radius 1 is 1.13 bits per heavy atom. The first kappa shape index (κ1) is 22.0. The van der Waals surface area contributed by atoms with Crippen LogP contribution < -0.4 is 15.7 Å². The first-order valence-corrected chi connectivity index (χ1v) is 10.5. The molecule has 6 nitrogen and oxygen atoms in total. The monoisotopic (exact) mass is 408 g/mol. The van der Waals surface area contributed by atoms with E-state index in [0.29, 0.717) is 6.04 Å². The highest BCUT2D eigenvalue weighted by atomic mass is 16.5. The molecule has 2 aromatic carbocycles. The van der Waals surface area contributed by atoms with Gasteiger partial charge in [-0.25, -0.2) is 5.48 Å². The lowest BCUT2D eigenvalue weighted by Crippen LogP contribution is -2.42. The zero-order valence-corrected chi connectivity index (χ0v) is 17.8. The van der Waals surface area contributed by atoms with E-state index in [1.54, 1.807) is 11.6 Å². The van der Waals surface area contributed by atoms with Gasteiger partial charge in [0.1, 0.15) is 0 Å². The molecule has 3 rings (SSSR count). The molecule has 0 aliphatic carbocycles. The number of anilines is 1. The fourth-order valence-electron chi connectivity index (χ4n) is 3.91. The Labute approximate surface area is 179 Å². The van der Waals surface area contributed by atoms with E-state index in [1.165, 1.54) is 17.2 Å². The van der Waals surface area contributed by atoms with Gasteiger partial charge >= 0.3 is 0 Å². The second kappa shape index (κ2) is 10.9. The Morgan fingerprint density at radius 3 is 2.60 bits per heavy atom. The van der Waals surface area contributed by atoms with Gasteiger partial charge in [0, 0.05) is 44.0 Å². The lowest BCUT2D eigenvalue weighted by atomic mass is 10.0. The molecule has 1 fully saturated rings. The Hall–Kier alpha value is -2.67. The summed E-state index contributed by atoms with van der Waals surface area (Å²) in [6.07, 6.45) is 5.24. The van der Waals surface area contributed by atoms with Crippen molar-refractivity contribution in [3.05, 3.63) is 71.3 Å². The summed E-state index contributed by atoms with van der Waals surface area (Å²) in [5, 5.41) is 12.4. The van der Waals surface area contributed by atoms with Crippen LogP contribution >= 0.6 is 0 Å². The predicted octanol–water partition coefficient (Wildman–Crippen LogP) is 3.03. The smallest absolute Gasteiger partial charge is 0.267 e. The van der Waals surface area contributed by atoms with Crippen molar-refractivity contribution < 1.29 is 10.0 Å². The summed E-state index contributed by atoms with van der Waals surface area (Å²) in [5.41, 5.74) is 6.40. The van der Waals surface area contributed by atoms with Gasteiger partial charge < -0.3 is 15.1 Å². The van der Waals surface area contributed by atoms with Crippen LogP contribution in [-0.4, -0.2) is 49.2 Å². The van der Waals surface area contributed by atoms with Gasteiger partial charge in [0.2, 0.25) is 0 Å². The number of carbonyl (C=O) groups is 1.